The molecule has 1 amide bonds. The molecule has 0 aromatic heterocycles. The molecule has 1 N–H and O–H groups in total. The third-order valence-corrected chi connectivity index (χ3v) is 5.46. The van der Waals surface area contributed by atoms with Crippen LogP contribution in [0.5, 0.6) is 0 Å². The molecule has 2 aromatic carbocycles. The maximum absolute atomic E-state index is 12.4. The number of nitrogens with zero attached hydrogens (tertiary/aromatic N) is 3. The van der Waals surface area contributed by atoms with Crippen LogP contribution in [0.3, 0.4) is 0 Å². The highest BCUT2D eigenvalue weighted by molar-refractivity contribution is 7.89. The number of hydrogen-bond acceptors (Lipinski definition) is 6. The van der Waals surface area contributed by atoms with E-state index in [0.29, 0.717) is 10.6 Å². The third-order valence-electron chi connectivity index (χ3n) is 3.39. The minimum absolute atomic E-state index is 0.0107. The Morgan fingerprint density at radius 1 is 1.22 bits per heavy atom. The van der Waals surface area contributed by atoms with Gasteiger partial charge in [-0.2, -0.15) is 9.41 Å². The quantitative estimate of drug-likeness (QED) is 0.425. The second-order valence-corrected chi connectivity index (χ2v) is 7.84. The van der Waals surface area contributed by atoms with Gasteiger partial charge in [-0.1, -0.05) is 11.6 Å². The predicted molar refractivity (Wildman–Crippen MR) is 100 cm³/mol. The summed E-state index contributed by atoms with van der Waals surface area (Å²) < 4.78 is 25.6. The Morgan fingerprint density at radius 3 is 2.37 bits per heavy atom. The lowest BCUT2D eigenvalue weighted by Gasteiger charge is -2.16. The average Bonchev–Trinajstić information content (AvgIpc) is 2.62. The largest absolute Gasteiger partial charge is 0.272 e. The molecular weight excluding hydrogens is 396 g/mol. The summed E-state index contributed by atoms with van der Waals surface area (Å²) in [6.07, 6.45) is 1.29. The summed E-state index contributed by atoms with van der Waals surface area (Å²) in [5.74, 6) is -0.645. The van der Waals surface area contributed by atoms with Gasteiger partial charge in [-0.15, -0.1) is 0 Å². The fourth-order valence-electron chi connectivity index (χ4n) is 1.97. The number of nitrogens with one attached hydrogen (secondary N) is 1. The van der Waals surface area contributed by atoms with Crippen LogP contribution in [0.2, 0.25) is 5.02 Å². The van der Waals surface area contributed by atoms with Gasteiger partial charge in [0.2, 0.25) is 10.0 Å². The molecule has 2 aromatic rings. The summed E-state index contributed by atoms with van der Waals surface area (Å²) >= 11 is 5.74. The molecule has 0 radical (unpaired) electrons. The van der Waals surface area contributed by atoms with Gasteiger partial charge in [-0.3, -0.25) is 14.9 Å². The van der Waals surface area contributed by atoms with E-state index in [4.69, 9.17) is 11.6 Å². The van der Waals surface area contributed by atoms with Crippen LogP contribution in [-0.2, 0) is 14.8 Å². The van der Waals surface area contributed by atoms with Gasteiger partial charge in [0, 0.05) is 24.2 Å². The SMILES string of the molecule is CN(CC(=O)N/N=C\c1ccc([N+](=O)[O-])cc1)S(=O)(=O)c1ccc(Cl)cc1. The Morgan fingerprint density at radius 2 is 1.81 bits per heavy atom. The summed E-state index contributed by atoms with van der Waals surface area (Å²) in [7, 11) is -2.58. The second kappa shape index (κ2) is 8.71. The van der Waals surface area contributed by atoms with Crippen molar-refractivity contribution in [3.63, 3.8) is 0 Å². The van der Waals surface area contributed by atoms with Crippen molar-refractivity contribution in [3.8, 4) is 0 Å². The number of amides is 1. The van der Waals surface area contributed by atoms with Crippen LogP contribution in [0.1, 0.15) is 5.56 Å². The van der Waals surface area contributed by atoms with Gasteiger partial charge >= 0.3 is 0 Å². The summed E-state index contributed by atoms with van der Waals surface area (Å²) in [4.78, 5) is 21.9. The van der Waals surface area contributed by atoms with Crippen molar-refractivity contribution in [1.29, 1.82) is 0 Å². The minimum atomic E-state index is -3.84. The second-order valence-electron chi connectivity index (χ2n) is 5.36. The maximum Gasteiger partial charge on any atom is 0.269 e. The van der Waals surface area contributed by atoms with E-state index in [2.05, 4.69) is 10.5 Å². The van der Waals surface area contributed by atoms with Gasteiger partial charge in [0.25, 0.3) is 11.6 Å². The van der Waals surface area contributed by atoms with Crippen molar-refractivity contribution in [3.05, 3.63) is 69.2 Å². The Bertz CT molecular complexity index is 959. The zero-order valence-corrected chi connectivity index (χ0v) is 15.6. The van der Waals surface area contributed by atoms with E-state index in [1.165, 1.54) is 61.8 Å². The zero-order chi connectivity index (χ0) is 20.0. The first kappa shape index (κ1) is 20.5. The number of halogens is 1. The number of hydrazone groups is 1. The lowest BCUT2D eigenvalue weighted by Crippen LogP contribution is -2.36. The molecule has 0 saturated carbocycles. The van der Waals surface area contributed by atoms with E-state index < -0.39 is 27.4 Å². The van der Waals surface area contributed by atoms with Crippen molar-refractivity contribution in [1.82, 2.24) is 9.73 Å². The van der Waals surface area contributed by atoms with Crippen LogP contribution in [0.4, 0.5) is 5.69 Å². The highest BCUT2D eigenvalue weighted by atomic mass is 35.5. The van der Waals surface area contributed by atoms with Crippen LogP contribution in [0, 0.1) is 10.1 Å². The lowest BCUT2D eigenvalue weighted by molar-refractivity contribution is -0.384. The molecule has 0 aliphatic heterocycles. The maximum atomic E-state index is 12.4. The standard InChI is InChI=1S/C16H15ClN4O5S/c1-20(27(25,26)15-8-4-13(17)5-9-15)11-16(22)19-18-10-12-2-6-14(7-3-12)21(23)24/h2-10H,11H2,1H3,(H,19,22)/b18-10-. The number of hydrogen-bond donors (Lipinski definition) is 1. The van der Waals surface area contributed by atoms with Crippen LogP contribution in [-0.4, -0.2) is 43.4 Å². The number of non-ortho nitro benzene ring substituents is 1. The summed E-state index contributed by atoms with van der Waals surface area (Å²) in [6.45, 7) is -0.442. The van der Waals surface area contributed by atoms with E-state index in [1.807, 2.05) is 0 Å². The van der Waals surface area contributed by atoms with Crippen molar-refractivity contribution in [2.75, 3.05) is 13.6 Å². The van der Waals surface area contributed by atoms with Gasteiger partial charge in [0.05, 0.1) is 22.6 Å². The van der Waals surface area contributed by atoms with Gasteiger partial charge in [0.15, 0.2) is 0 Å². The van der Waals surface area contributed by atoms with Crippen LogP contribution in [0.15, 0.2) is 58.5 Å². The van der Waals surface area contributed by atoms with E-state index in [0.717, 1.165) is 4.31 Å². The van der Waals surface area contributed by atoms with Gasteiger partial charge in [-0.05, 0) is 42.0 Å². The van der Waals surface area contributed by atoms with E-state index in [-0.39, 0.29) is 10.6 Å². The van der Waals surface area contributed by atoms with Crippen molar-refractivity contribution in [2.24, 2.45) is 5.10 Å². The molecule has 0 fully saturated rings. The number of carbonyl (C=O) groups is 1. The highest BCUT2D eigenvalue weighted by Gasteiger charge is 2.22. The van der Waals surface area contributed by atoms with Crippen molar-refractivity contribution >= 4 is 39.4 Å². The fraction of sp³-hybridized carbons (Fsp3) is 0.125. The zero-order valence-electron chi connectivity index (χ0n) is 14.1. The molecule has 0 aliphatic carbocycles. The molecular formula is C16H15ClN4O5S. The minimum Gasteiger partial charge on any atom is -0.272 e. The molecule has 0 aliphatic rings. The topological polar surface area (TPSA) is 122 Å². The Hall–Kier alpha value is -2.82. The first-order valence-electron chi connectivity index (χ1n) is 7.48. The van der Waals surface area contributed by atoms with Crippen molar-refractivity contribution in [2.45, 2.75) is 4.90 Å². The van der Waals surface area contributed by atoms with Gasteiger partial charge in [0.1, 0.15) is 0 Å². The highest BCUT2D eigenvalue weighted by Crippen LogP contribution is 2.17. The van der Waals surface area contributed by atoms with Gasteiger partial charge in [-0.25, -0.2) is 13.8 Å². The number of carbonyl (C=O) groups excluding carboxylic acids is 1. The molecule has 2 rings (SSSR count). The smallest absolute Gasteiger partial charge is 0.269 e. The average molecular weight is 411 g/mol. The van der Waals surface area contributed by atoms with Crippen LogP contribution < -0.4 is 5.43 Å². The molecule has 0 heterocycles. The number of likely N-dealkylation sites (N-methyl/N-ethyl adjacent to an activating group) is 1. The molecule has 0 bridgehead atoms. The van der Waals surface area contributed by atoms with E-state index in [9.17, 15) is 23.3 Å². The Labute approximate surface area is 160 Å². The first-order chi connectivity index (χ1) is 12.7. The molecule has 0 atom stereocenters. The van der Waals surface area contributed by atoms with E-state index in [1.54, 1.807) is 0 Å². The van der Waals surface area contributed by atoms with Crippen molar-refractivity contribution < 1.29 is 18.1 Å². The number of benzene rings is 2. The first-order valence-corrected chi connectivity index (χ1v) is 9.30. The van der Waals surface area contributed by atoms with Gasteiger partial charge < -0.3 is 0 Å². The molecule has 11 heteroatoms. The molecule has 0 saturated heterocycles. The number of nitro groups is 1. The molecule has 9 nitrogen and oxygen atoms in total. The normalized spacial score (nSPS) is 11.7. The predicted octanol–water partition coefficient (Wildman–Crippen LogP) is 2.02. The van der Waals surface area contributed by atoms with Crippen LogP contribution >= 0.6 is 11.6 Å². The summed E-state index contributed by atoms with van der Waals surface area (Å²) in [5.41, 5.74) is 2.67. The molecule has 0 spiro atoms. The number of sulfonamides is 1. The molecule has 27 heavy (non-hydrogen) atoms. The summed E-state index contributed by atoms with van der Waals surface area (Å²) in [6, 6.07) is 11.1. The number of nitro benzene ring substituents is 1. The fourth-order valence-corrected chi connectivity index (χ4v) is 3.22. The molecule has 0 unspecified atom stereocenters. The lowest BCUT2D eigenvalue weighted by atomic mass is 10.2. The monoisotopic (exact) mass is 410 g/mol. The number of rotatable bonds is 7. The van der Waals surface area contributed by atoms with E-state index >= 15 is 0 Å². The third kappa shape index (κ3) is 5.58. The molecule has 142 valence electrons. The Balaban J connectivity index is 1.94. The van der Waals surface area contributed by atoms with Crippen LogP contribution in [0.25, 0.3) is 0 Å². The summed E-state index contributed by atoms with van der Waals surface area (Å²) in [5, 5.41) is 14.7. The Kier molecular flexibility index (Phi) is 6.61.